The van der Waals surface area contributed by atoms with Gasteiger partial charge in [-0.25, -0.2) is 4.98 Å². The molecule has 0 atom stereocenters. The van der Waals surface area contributed by atoms with Crippen molar-refractivity contribution < 1.29 is 0 Å². The van der Waals surface area contributed by atoms with Crippen LogP contribution in [0.2, 0.25) is 0 Å². The van der Waals surface area contributed by atoms with Crippen LogP contribution in [0.4, 0.5) is 0 Å². The van der Waals surface area contributed by atoms with E-state index in [1.165, 1.54) is 10.9 Å². The van der Waals surface area contributed by atoms with E-state index in [1.807, 2.05) is 12.3 Å². The van der Waals surface area contributed by atoms with Gasteiger partial charge in [-0.05, 0) is 28.5 Å². The van der Waals surface area contributed by atoms with Gasteiger partial charge in [-0.1, -0.05) is 27.7 Å². The van der Waals surface area contributed by atoms with Crippen molar-refractivity contribution in [1.82, 2.24) is 15.3 Å². The molecule has 2 aromatic rings. The van der Waals surface area contributed by atoms with Crippen molar-refractivity contribution in [2.24, 2.45) is 10.8 Å². The molecule has 0 bridgehead atoms. The minimum atomic E-state index is 0.386. The third-order valence-electron chi connectivity index (χ3n) is 5.05. The quantitative estimate of drug-likeness (QED) is 0.869. The summed E-state index contributed by atoms with van der Waals surface area (Å²) in [5.41, 5.74) is 3.05. The maximum absolute atomic E-state index is 4.32. The number of fused-ring (bicyclic) bond motifs is 1. The summed E-state index contributed by atoms with van der Waals surface area (Å²) in [6.07, 6.45) is 3.89. The molecule has 0 unspecified atom stereocenters. The largest absolute Gasteiger partial charge is 0.346 e. The molecule has 0 spiro atoms. The molecule has 0 aromatic carbocycles. The Hall–Kier alpha value is -1.35. The van der Waals surface area contributed by atoms with E-state index in [9.17, 15) is 0 Å². The second-order valence-electron chi connectivity index (χ2n) is 6.47. The number of rotatable bonds is 3. The van der Waals surface area contributed by atoms with E-state index in [0.29, 0.717) is 16.9 Å². The third kappa shape index (κ3) is 1.50. The van der Waals surface area contributed by atoms with Crippen LogP contribution in [0.15, 0.2) is 24.5 Å². The van der Waals surface area contributed by atoms with Crippen LogP contribution in [-0.4, -0.2) is 16.0 Å². The van der Waals surface area contributed by atoms with E-state index < -0.39 is 0 Å². The van der Waals surface area contributed by atoms with Crippen molar-refractivity contribution >= 4 is 11.0 Å². The molecular weight excluding hydrogens is 222 g/mol. The van der Waals surface area contributed by atoms with Crippen LogP contribution in [0.1, 0.15) is 33.3 Å². The maximum Gasteiger partial charge on any atom is 0.137 e. The smallest absolute Gasteiger partial charge is 0.137 e. The third-order valence-corrected chi connectivity index (χ3v) is 5.05. The lowest BCUT2D eigenvalue weighted by Gasteiger charge is -2.05. The van der Waals surface area contributed by atoms with Gasteiger partial charge in [-0.2, -0.15) is 0 Å². The number of H-pyrrole nitrogens is 1. The SMILES string of the molecule is CC1(C)C(NCc2c[nH]c3ncccc23)C1(C)C. The summed E-state index contributed by atoms with van der Waals surface area (Å²) in [7, 11) is 0. The average Bonchev–Trinajstić information content (AvgIpc) is 2.67. The number of aromatic nitrogens is 2. The molecule has 3 nitrogen and oxygen atoms in total. The number of nitrogens with one attached hydrogen (secondary N) is 2. The highest BCUT2D eigenvalue weighted by molar-refractivity contribution is 5.79. The van der Waals surface area contributed by atoms with E-state index >= 15 is 0 Å². The van der Waals surface area contributed by atoms with Crippen molar-refractivity contribution in [2.45, 2.75) is 40.3 Å². The topological polar surface area (TPSA) is 40.7 Å². The zero-order valence-corrected chi connectivity index (χ0v) is 11.5. The lowest BCUT2D eigenvalue weighted by Crippen LogP contribution is -2.21. The molecule has 0 aliphatic heterocycles. The molecule has 0 radical (unpaired) electrons. The van der Waals surface area contributed by atoms with Crippen molar-refractivity contribution in [1.29, 1.82) is 0 Å². The van der Waals surface area contributed by atoms with Gasteiger partial charge in [0.1, 0.15) is 5.65 Å². The maximum atomic E-state index is 4.32. The normalized spacial score (nSPS) is 21.3. The molecule has 3 rings (SSSR count). The van der Waals surface area contributed by atoms with Crippen LogP contribution >= 0.6 is 0 Å². The fourth-order valence-electron chi connectivity index (χ4n) is 3.08. The number of nitrogens with zero attached hydrogens (tertiary/aromatic N) is 1. The molecule has 96 valence electrons. The fraction of sp³-hybridized carbons (Fsp3) is 0.533. The van der Waals surface area contributed by atoms with Gasteiger partial charge < -0.3 is 10.3 Å². The first-order valence-electron chi connectivity index (χ1n) is 6.59. The van der Waals surface area contributed by atoms with Crippen molar-refractivity contribution in [3.63, 3.8) is 0 Å². The molecule has 1 aliphatic carbocycles. The molecule has 1 aliphatic rings. The van der Waals surface area contributed by atoms with Gasteiger partial charge in [0, 0.05) is 30.4 Å². The summed E-state index contributed by atoms with van der Waals surface area (Å²) in [6.45, 7) is 10.2. The van der Waals surface area contributed by atoms with Crippen molar-refractivity contribution in [3.05, 3.63) is 30.1 Å². The molecule has 3 heteroatoms. The highest BCUT2D eigenvalue weighted by atomic mass is 15.0. The minimum absolute atomic E-state index is 0.386. The van der Waals surface area contributed by atoms with Gasteiger partial charge in [0.25, 0.3) is 0 Å². The zero-order chi connectivity index (χ0) is 13.0. The molecule has 18 heavy (non-hydrogen) atoms. The average molecular weight is 243 g/mol. The summed E-state index contributed by atoms with van der Waals surface area (Å²) in [5.74, 6) is 0. The Bertz CT molecular complexity index is 566. The Morgan fingerprint density at radius 2 is 2.00 bits per heavy atom. The Morgan fingerprint density at radius 3 is 2.67 bits per heavy atom. The first kappa shape index (κ1) is 11.7. The van der Waals surface area contributed by atoms with Crippen LogP contribution < -0.4 is 5.32 Å². The Morgan fingerprint density at radius 1 is 1.28 bits per heavy atom. The van der Waals surface area contributed by atoms with E-state index in [2.05, 4.69) is 55.2 Å². The fourth-order valence-corrected chi connectivity index (χ4v) is 3.08. The van der Waals surface area contributed by atoms with Gasteiger partial charge in [0.2, 0.25) is 0 Å². The molecule has 0 amide bonds. The summed E-state index contributed by atoms with van der Waals surface area (Å²) in [6, 6.07) is 4.70. The van der Waals surface area contributed by atoms with E-state index in [-0.39, 0.29) is 0 Å². The zero-order valence-electron chi connectivity index (χ0n) is 11.5. The molecule has 2 heterocycles. The summed E-state index contributed by atoms with van der Waals surface area (Å²) in [4.78, 5) is 7.54. The Labute approximate surface area is 108 Å². The summed E-state index contributed by atoms with van der Waals surface area (Å²) < 4.78 is 0. The van der Waals surface area contributed by atoms with E-state index in [0.717, 1.165) is 12.2 Å². The molecule has 1 saturated carbocycles. The molecule has 2 N–H and O–H groups in total. The van der Waals surface area contributed by atoms with Crippen LogP contribution in [0.5, 0.6) is 0 Å². The predicted octanol–water partition coefficient (Wildman–Crippen LogP) is 3.09. The predicted molar refractivity (Wildman–Crippen MR) is 74.3 cm³/mol. The molecule has 2 aromatic heterocycles. The van der Waals surface area contributed by atoms with Gasteiger partial charge in [0.15, 0.2) is 0 Å². The Balaban J connectivity index is 1.75. The van der Waals surface area contributed by atoms with Crippen LogP contribution in [-0.2, 0) is 6.54 Å². The lowest BCUT2D eigenvalue weighted by atomic mass is 10.0. The molecule has 0 saturated heterocycles. The minimum Gasteiger partial charge on any atom is -0.346 e. The number of pyridine rings is 1. The van der Waals surface area contributed by atoms with Crippen LogP contribution in [0, 0.1) is 10.8 Å². The van der Waals surface area contributed by atoms with Crippen molar-refractivity contribution in [2.75, 3.05) is 0 Å². The second-order valence-corrected chi connectivity index (χ2v) is 6.47. The Kier molecular flexibility index (Phi) is 2.33. The highest BCUT2D eigenvalue weighted by Crippen LogP contribution is 2.62. The number of hydrogen-bond donors (Lipinski definition) is 2. The first-order valence-corrected chi connectivity index (χ1v) is 6.59. The first-order chi connectivity index (χ1) is 8.44. The number of hydrogen-bond acceptors (Lipinski definition) is 2. The lowest BCUT2D eigenvalue weighted by molar-refractivity contribution is 0.457. The van der Waals surface area contributed by atoms with E-state index in [4.69, 9.17) is 0 Å². The molecule has 1 fully saturated rings. The standard InChI is InChI=1S/C15H21N3/c1-14(2)13(15(14,3)4)18-9-10-8-17-12-11(10)6-5-7-16-12/h5-8,13,18H,9H2,1-4H3,(H,16,17). The molecular formula is C15H21N3. The van der Waals surface area contributed by atoms with Gasteiger partial charge in [0.05, 0.1) is 0 Å². The summed E-state index contributed by atoms with van der Waals surface area (Å²) in [5, 5.41) is 4.91. The number of aromatic amines is 1. The highest BCUT2D eigenvalue weighted by Gasteiger charge is 2.64. The second kappa shape index (κ2) is 3.58. The van der Waals surface area contributed by atoms with Gasteiger partial charge in [-0.3, -0.25) is 0 Å². The van der Waals surface area contributed by atoms with Crippen LogP contribution in [0.25, 0.3) is 11.0 Å². The van der Waals surface area contributed by atoms with Gasteiger partial charge in [-0.15, -0.1) is 0 Å². The van der Waals surface area contributed by atoms with Gasteiger partial charge >= 0.3 is 0 Å². The van der Waals surface area contributed by atoms with Crippen LogP contribution in [0.3, 0.4) is 0 Å². The van der Waals surface area contributed by atoms with E-state index in [1.54, 1.807) is 0 Å². The monoisotopic (exact) mass is 243 g/mol. The summed E-state index contributed by atoms with van der Waals surface area (Å²) >= 11 is 0. The van der Waals surface area contributed by atoms with Crippen molar-refractivity contribution in [3.8, 4) is 0 Å².